The quantitative estimate of drug-likeness (QED) is 0.361. The number of nitrogens with one attached hydrogen (secondary N) is 3. The van der Waals surface area contributed by atoms with E-state index in [1.807, 2.05) is 20.0 Å². The standard InChI is InChI=1S/C14H20N6O/c1-9-6-13(19-15)12(8-17-9)14(21)16-5-3-4-11-7-18-20-10(11)2/h6-8H,3-5,15H2,1-2H3,(H,16,21)(H,17,19)(H,18,20). The molecule has 0 spiro atoms. The Balaban J connectivity index is 1.86. The Morgan fingerprint density at radius 2 is 2.19 bits per heavy atom. The van der Waals surface area contributed by atoms with Crippen LogP contribution in [0.25, 0.3) is 0 Å². The minimum absolute atomic E-state index is 0.181. The normalized spacial score (nSPS) is 10.4. The van der Waals surface area contributed by atoms with Crippen LogP contribution < -0.4 is 16.6 Å². The van der Waals surface area contributed by atoms with E-state index in [1.165, 1.54) is 11.8 Å². The number of nitrogens with two attached hydrogens (primary N) is 1. The van der Waals surface area contributed by atoms with Crippen molar-refractivity contribution in [2.45, 2.75) is 26.7 Å². The number of nitrogen functional groups attached to an aromatic ring is 1. The molecule has 0 aromatic carbocycles. The smallest absolute Gasteiger partial charge is 0.255 e. The van der Waals surface area contributed by atoms with Crippen LogP contribution in [0.5, 0.6) is 0 Å². The summed E-state index contributed by atoms with van der Waals surface area (Å²) in [5, 5.41) is 9.74. The first kappa shape index (κ1) is 15.0. The first-order valence-electron chi connectivity index (χ1n) is 6.82. The third kappa shape index (κ3) is 3.79. The zero-order chi connectivity index (χ0) is 15.2. The predicted molar refractivity (Wildman–Crippen MR) is 80.8 cm³/mol. The van der Waals surface area contributed by atoms with E-state index in [4.69, 9.17) is 5.84 Å². The lowest BCUT2D eigenvalue weighted by molar-refractivity contribution is 0.0953. The second-order valence-corrected chi connectivity index (χ2v) is 4.90. The molecule has 0 aliphatic carbocycles. The highest BCUT2D eigenvalue weighted by Gasteiger charge is 2.11. The van der Waals surface area contributed by atoms with E-state index in [1.54, 1.807) is 6.07 Å². The number of rotatable bonds is 6. The SMILES string of the molecule is Cc1cc(NN)c(C(=O)NCCCc2cn[nH]c2C)cn1. The lowest BCUT2D eigenvalue weighted by Gasteiger charge is -2.10. The third-order valence-electron chi connectivity index (χ3n) is 3.28. The Bertz CT molecular complexity index is 622. The van der Waals surface area contributed by atoms with Crippen molar-refractivity contribution >= 4 is 11.6 Å². The summed E-state index contributed by atoms with van der Waals surface area (Å²) < 4.78 is 0. The number of nitrogens with zero attached hydrogens (tertiary/aromatic N) is 2. The minimum Gasteiger partial charge on any atom is -0.352 e. The molecule has 0 aliphatic heterocycles. The zero-order valence-electron chi connectivity index (χ0n) is 12.2. The third-order valence-corrected chi connectivity index (χ3v) is 3.28. The summed E-state index contributed by atoms with van der Waals surface area (Å²) in [4.78, 5) is 16.2. The first-order valence-corrected chi connectivity index (χ1v) is 6.82. The summed E-state index contributed by atoms with van der Waals surface area (Å²) in [7, 11) is 0. The van der Waals surface area contributed by atoms with Crippen molar-refractivity contribution in [3.8, 4) is 0 Å². The summed E-state index contributed by atoms with van der Waals surface area (Å²) in [5.41, 5.74) is 6.59. The fourth-order valence-electron chi connectivity index (χ4n) is 2.06. The van der Waals surface area contributed by atoms with Crippen molar-refractivity contribution in [3.05, 3.63) is 41.0 Å². The molecule has 0 aliphatic rings. The van der Waals surface area contributed by atoms with E-state index in [0.29, 0.717) is 17.8 Å². The van der Waals surface area contributed by atoms with Gasteiger partial charge >= 0.3 is 0 Å². The molecule has 2 aromatic rings. The average Bonchev–Trinajstić information content (AvgIpc) is 2.88. The number of hydrazine groups is 1. The number of carbonyl (C=O) groups is 1. The van der Waals surface area contributed by atoms with Gasteiger partial charge in [-0.3, -0.25) is 20.7 Å². The zero-order valence-corrected chi connectivity index (χ0v) is 12.2. The summed E-state index contributed by atoms with van der Waals surface area (Å²) in [6, 6.07) is 1.74. The highest BCUT2D eigenvalue weighted by atomic mass is 16.1. The second-order valence-electron chi connectivity index (χ2n) is 4.90. The van der Waals surface area contributed by atoms with Gasteiger partial charge in [-0.15, -0.1) is 0 Å². The van der Waals surface area contributed by atoms with E-state index in [9.17, 15) is 4.79 Å². The van der Waals surface area contributed by atoms with E-state index < -0.39 is 0 Å². The number of aromatic nitrogens is 3. The van der Waals surface area contributed by atoms with Crippen molar-refractivity contribution in [2.24, 2.45) is 5.84 Å². The highest BCUT2D eigenvalue weighted by molar-refractivity contribution is 5.99. The fraction of sp³-hybridized carbons (Fsp3) is 0.357. The van der Waals surface area contributed by atoms with Crippen LogP contribution in [-0.2, 0) is 6.42 Å². The van der Waals surface area contributed by atoms with E-state index in [2.05, 4.69) is 25.9 Å². The van der Waals surface area contributed by atoms with Crippen LogP contribution in [0.1, 0.15) is 33.7 Å². The Morgan fingerprint density at radius 3 is 2.86 bits per heavy atom. The Kier molecular flexibility index (Phi) is 4.89. The van der Waals surface area contributed by atoms with Gasteiger partial charge in [-0.05, 0) is 38.3 Å². The fourth-order valence-corrected chi connectivity index (χ4v) is 2.06. The number of H-pyrrole nitrogens is 1. The number of aromatic amines is 1. The molecule has 1 amide bonds. The molecule has 0 radical (unpaired) electrons. The molecular weight excluding hydrogens is 268 g/mol. The maximum Gasteiger partial charge on any atom is 0.255 e. The van der Waals surface area contributed by atoms with Crippen molar-refractivity contribution in [1.29, 1.82) is 0 Å². The molecule has 2 rings (SSSR count). The number of aryl methyl sites for hydroxylation is 3. The molecule has 21 heavy (non-hydrogen) atoms. The average molecular weight is 288 g/mol. The van der Waals surface area contributed by atoms with Crippen LogP contribution >= 0.6 is 0 Å². The molecule has 5 N–H and O–H groups in total. The molecule has 0 fully saturated rings. The van der Waals surface area contributed by atoms with Gasteiger partial charge in [-0.25, -0.2) is 0 Å². The highest BCUT2D eigenvalue weighted by Crippen LogP contribution is 2.14. The van der Waals surface area contributed by atoms with Gasteiger partial charge in [0, 0.05) is 24.1 Å². The topological polar surface area (TPSA) is 109 Å². The number of pyridine rings is 1. The Labute approximate surface area is 123 Å². The van der Waals surface area contributed by atoms with Gasteiger partial charge in [-0.1, -0.05) is 0 Å². The van der Waals surface area contributed by atoms with Crippen molar-refractivity contribution in [1.82, 2.24) is 20.5 Å². The van der Waals surface area contributed by atoms with Crippen LogP contribution in [0.2, 0.25) is 0 Å². The van der Waals surface area contributed by atoms with Crippen LogP contribution in [0.4, 0.5) is 5.69 Å². The maximum absolute atomic E-state index is 12.1. The van der Waals surface area contributed by atoms with Gasteiger partial charge in [0.1, 0.15) is 0 Å². The Hall–Kier alpha value is -2.41. The Morgan fingerprint density at radius 1 is 1.38 bits per heavy atom. The summed E-state index contributed by atoms with van der Waals surface area (Å²) in [5.74, 6) is 5.24. The van der Waals surface area contributed by atoms with Crippen LogP contribution in [0.15, 0.2) is 18.5 Å². The molecule has 0 saturated carbocycles. The van der Waals surface area contributed by atoms with Gasteiger partial charge in [-0.2, -0.15) is 5.10 Å². The summed E-state index contributed by atoms with van der Waals surface area (Å²) in [6.07, 6.45) is 5.06. The maximum atomic E-state index is 12.1. The molecular formula is C14H20N6O. The number of hydrogen-bond donors (Lipinski definition) is 4. The molecule has 0 atom stereocenters. The lowest BCUT2D eigenvalue weighted by atomic mass is 10.1. The largest absolute Gasteiger partial charge is 0.352 e. The molecule has 2 aromatic heterocycles. The molecule has 0 bridgehead atoms. The van der Waals surface area contributed by atoms with Crippen LogP contribution in [0.3, 0.4) is 0 Å². The van der Waals surface area contributed by atoms with Gasteiger partial charge in [0.15, 0.2) is 0 Å². The molecule has 2 heterocycles. The molecule has 0 saturated heterocycles. The molecule has 7 nitrogen and oxygen atoms in total. The number of anilines is 1. The van der Waals surface area contributed by atoms with Crippen LogP contribution in [0, 0.1) is 13.8 Å². The number of amides is 1. The van der Waals surface area contributed by atoms with Gasteiger partial charge in [0.25, 0.3) is 5.91 Å². The number of hydrogen-bond acceptors (Lipinski definition) is 5. The minimum atomic E-state index is -0.181. The van der Waals surface area contributed by atoms with E-state index >= 15 is 0 Å². The monoisotopic (exact) mass is 288 g/mol. The van der Waals surface area contributed by atoms with Crippen LogP contribution in [-0.4, -0.2) is 27.6 Å². The van der Waals surface area contributed by atoms with Crippen molar-refractivity contribution < 1.29 is 4.79 Å². The van der Waals surface area contributed by atoms with Gasteiger partial charge in [0.2, 0.25) is 0 Å². The first-order chi connectivity index (χ1) is 10.1. The number of carbonyl (C=O) groups excluding carboxylic acids is 1. The molecule has 7 heteroatoms. The predicted octanol–water partition coefficient (Wildman–Crippen LogP) is 1.07. The van der Waals surface area contributed by atoms with E-state index in [0.717, 1.165) is 24.2 Å². The summed E-state index contributed by atoms with van der Waals surface area (Å²) in [6.45, 7) is 4.41. The van der Waals surface area contributed by atoms with E-state index in [-0.39, 0.29) is 5.91 Å². The van der Waals surface area contributed by atoms with Gasteiger partial charge < -0.3 is 10.7 Å². The molecule has 0 unspecified atom stereocenters. The lowest BCUT2D eigenvalue weighted by Crippen LogP contribution is -2.26. The summed E-state index contributed by atoms with van der Waals surface area (Å²) >= 11 is 0. The second kappa shape index (κ2) is 6.85. The van der Waals surface area contributed by atoms with Crippen molar-refractivity contribution in [3.63, 3.8) is 0 Å². The van der Waals surface area contributed by atoms with Gasteiger partial charge in [0.05, 0.1) is 17.4 Å². The molecule has 112 valence electrons. The van der Waals surface area contributed by atoms with Crippen molar-refractivity contribution in [2.75, 3.05) is 12.0 Å².